The van der Waals surface area contributed by atoms with Crippen molar-refractivity contribution < 1.29 is 4.42 Å². The maximum atomic E-state index is 5.63. The second-order valence-electron chi connectivity index (χ2n) is 5.25. The molecular formula is C14H23NO. The van der Waals surface area contributed by atoms with E-state index in [9.17, 15) is 0 Å². The van der Waals surface area contributed by atoms with Crippen molar-refractivity contribution in [1.82, 2.24) is 5.32 Å². The first kappa shape index (κ1) is 11.7. The quantitative estimate of drug-likeness (QED) is 0.842. The van der Waals surface area contributed by atoms with Crippen LogP contribution >= 0.6 is 0 Å². The van der Waals surface area contributed by atoms with Crippen molar-refractivity contribution in [3.8, 4) is 0 Å². The zero-order valence-electron chi connectivity index (χ0n) is 10.6. The minimum Gasteiger partial charge on any atom is -0.467 e. The molecule has 0 aromatic carbocycles. The Morgan fingerprint density at radius 3 is 2.50 bits per heavy atom. The molecular weight excluding hydrogens is 198 g/mol. The molecule has 0 saturated heterocycles. The zero-order chi connectivity index (χ0) is 11.5. The summed E-state index contributed by atoms with van der Waals surface area (Å²) in [7, 11) is 2.05. The molecule has 90 valence electrons. The predicted octanol–water partition coefficient (Wildman–Crippen LogP) is 3.67. The number of furan rings is 1. The highest BCUT2D eigenvalue weighted by atomic mass is 16.3. The summed E-state index contributed by atoms with van der Waals surface area (Å²) in [5, 5.41) is 3.44. The van der Waals surface area contributed by atoms with E-state index < -0.39 is 0 Å². The summed E-state index contributed by atoms with van der Waals surface area (Å²) in [5.41, 5.74) is 1.28. The van der Waals surface area contributed by atoms with Crippen molar-refractivity contribution in [2.45, 2.75) is 45.6 Å². The Bertz CT molecular complexity index is 323. The van der Waals surface area contributed by atoms with Gasteiger partial charge in [-0.3, -0.25) is 0 Å². The van der Waals surface area contributed by atoms with E-state index in [2.05, 4.69) is 25.2 Å². The lowest BCUT2D eigenvalue weighted by Crippen LogP contribution is -2.28. The first-order chi connectivity index (χ1) is 7.72. The molecule has 2 heteroatoms. The first-order valence-corrected chi connectivity index (χ1v) is 6.43. The van der Waals surface area contributed by atoms with Gasteiger partial charge in [0.05, 0.1) is 12.3 Å². The third-order valence-corrected chi connectivity index (χ3v) is 4.03. The maximum Gasteiger partial charge on any atom is 0.123 e. The lowest BCUT2D eigenvalue weighted by Gasteiger charge is -2.31. The number of hydrogen-bond acceptors (Lipinski definition) is 2. The molecule has 1 saturated carbocycles. The summed E-state index contributed by atoms with van der Waals surface area (Å²) in [6, 6.07) is 2.47. The molecule has 1 aliphatic rings. The molecule has 1 aromatic rings. The molecule has 1 heterocycles. The van der Waals surface area contributed by atoms with Crippen LogP contribution in [0.25, 0.3) is 0 Å². The Morgan fingerprint density at radius 2 is 2.00 bits per heavy atom. The smallest absolute Gasteiger partial charge is 0.123 e. The highest BCUT2D eigenvalue weighted by Gasteiger charge is 2.28. The summed E-state index contributed by atoms with van der Waals surface area (Å²) in [5.74, 6) is 2.79. The molecule has 0 spiro atoms. The van der Waals surface area contributed by atoms with E-state index in [1.807, 2.05) is 7.05 Å². The molecule has 1 N–H and O–H groups in total. The molecule has 1 aliphatic carbocycles. The van der Waals surface area contributed by atoms with Gasteiger partial charge >= 0.3 is 0 Å². The van der Waals surface area contributed by atoms with Crippen LogP contribution in [-0.4, -0.2) is 7.05 Å². The van der Waals surface area contributed by atoms with E-state index in [1.54, 1.807) is 6.26 Å². The summed E-state index contributed by atoms with van der Waals surface area (Å²) in [4.78, 5) is 0. The molecule has 0 radical (unpaired) electrons. The van der Waals surface area contributed by atoms with Gasteiger partial charge in [0.1, 0.15) is 5.76 Å². The lowest BCUT2D eigenvalue weighted by molar-refractivity contribution is 0.219. The topological polar surface area (TPSA) is 25.2 Å². The number of aryl methyl sites for hydroxylation is 1. The van der Waals surface area contributed by atoms with Crippen LogP contribution in [0.2, 0.25) is 0 Å². The summed E-state index contributed by atoms with van der Waals surface area (Å²) < 4.78 is 5.63. The van der Waals surface area contributed by atoms with Crippen LogP contribution in [0.3, 0.4) is 0 Å². The van der Waals surface area contributed by atoms with Crippen molar-refractivity contribution in [2.24, 2.45) is 11.8 Å². The molecule has 0 aliphatic heterocycles. The molecule has 1 fully saturated rings. The first-order valence-electron chi connectivity index (χ1n) is 6.43. The highest BCUT2D eigenvalue weighted by molar-refractivity contribution is 5.19. The van der Waals surface area contributed by atoms with Gasteiger partial charge in [0.2, 0.25) is 0 Å². The van der Waals surface area contributed by atoms with E-state index in [0.29, 0.717) is 6.04 Å². The van der Waals surface area contributed by atoms with E-state index in [0.717, 1.165) is 17.6 Å². The Morgan fingerprint density at radius 1 is 1.31 bits per heavy atom. The van der Waals surface area contributed by atoms with Crippen molar-refractivity contribution in [3.05, 3.63) is 23.7 Å². The highest BCUT2D eigenvalue weighted by Crippen LogP contribution is 2.37. The molecule has 2 rings (SSSR count). The van der Waals surface area contributed by atoms with Gasteiger partial charge in [-0.2, -0.15) is 0 Å². The van der Waals surface area contributed by atoms with E-state index >= 15 is 0 Å². The third kappa shape index (κ3) is 2.32. The fraction of sp³-hybridized carbons (Fsp3) is 0.714. The lowest BCUT2D eigenvalue weighted by atomic mass is 9.78. The Labute approximate surface area is 98.4 Å². The van der Waals surface area contributed by atoms with Gasteiger partial charge < -0.3 is 9.73 Å². The van der Waals surface area contributed by atoms with Gasteiger partial charge in [-0.1, -0.05) is 19.8 Å². The zero-order valence-corrected chi connectivity index (χ0v) is 10.6. The Hall–Kier alpha value is -0.760. The van der Waals surface area contributed by atoms with Crippen LogP contribution < -0.4 is 5.32 Å². The van der Waals surface area contributed by atoms with Gasteiger partial charge in [0, 0.05) is 0 Å². The SMILES string of the molecule is CNC(c1occc1C)C1CCC(C)CC1. The van der Waals surface area contributed by atoms with Crippen molar-refractivity contribution in [1.29, 1.82) is 0 Å². The monoisotopic (exact) mass is 221 g/mol. The number of rotatable bonds is 3. The minimum atomic E-state index is 0.405. The Kier molecular flexibility index (Phi) is 3.70. The van der Waals surface area contributed by atoms with Gasteiger partial charge in [-0.05, 0) is 50.3 Å². The van der Waals surface area contributed by atoms with Gasteiger partial charge in [-0.15, -0.1) is 0 Å². The van der Waals surface area contributed by atoms with Crippen molar-refractivity contribution in [3.63, 3.8) is 0 Å². The average Bonchev–Trinajstić information content (AvgIpc) is 2.69. The normalized spacial score (nSPS) is 27.9. The second kappa shape index (κ2) is 5.05. The standard InChI is InChI=1S/C14H23NO/c1-10-4-6-12(7-5-10)13(15-3)14-11(2)8-9-16-14/h8-10,12-13,15H,4-7H2,1-3H3. The fourth-order valence-corrected chi connectivity index (χ4v) is 2.90. The molecule has 1 unspecified atom stereocenters. The minimum absolute atomic E-state index is 0.405. The largest absolute Gasteiger partial charge is 0.467 e. The van der Waals surface area contributed by atoms with Crippen molar-refractivity contribution in [2.75, 3.05) is 7.05 Å². The molecule has 0 bridgehead atoms. The van der Waals surface area contributed by atoms with Gasteiger partial charge in [0.25, 0.3) is 0 Å². The predicted molar refractivity (Wildman–Crippen MR) is 66.4 cm³/mol. The van der Waals surface area contributed by atoms with Gasteiger partial charge in [0.15, 0.2) is 0 Å². The van der Waals surface area contributed by atoms with Crippen LogP contribution in [0.1, 0.15) is 50.0 Å². The third-order valence-electron chi connectivity index (χ3n) is 4.03. The summed E-state index contributed by atoms with van der Waals surface area (Å²) in [6.45, 7) is 4.50. The molecule has 1 aromatic heterocycles. The van der Waals surface area contributed by atoms with E-state index in [1.165, 1.54) is 31.2 Å². The van der Waals surface area contributed by atoms with Crippen LogP contribution in [0.4, 0.5) is 0 Å². The second-order valence-corrected chi connectivity index (χ2v) is 5.25. The molecule has 0 amide bonds. The maximum absolute atomic E-state index is 5.63. The average molecular weight is 221 g/mol. The molecule has 1 atom stereocenters. The van der Waals surface area contributed by atoms with Gasteiger partial charge in [-0.25, -0.2) is 0 Å². The molecule has 16 heavy (non-hydrogen) atoms. The van der Waals surface area contributed by atoms with Crippen LogP contribution in [0.5, 0.6) is 0 Å². The summed E-state index contributed by atoms with van der Waals surface area (Å²) in [6.07, 6.45) is 7.19. The Balaban J connectivity index is 2.08. The fourth-order valence-electron chi connectivity index (χ4n) is 2.90. The summed E-state index contributed by atoms with van der Waals surface area (Å²) >= 11 is 0. The van der Waals surface area contributed by atoms with Crippen LogP contribution in [0.15, 0.2) is 16.7 Å². The van der Waals surface area contributed by atoms with Crippen molar-refractivity contribution >= 4 is 0 Å². The number of hydrogen-bond donors (Lipinski definition) is 1. The van der Waals surface area contributed by atoms with E-state index in [-0.39, 0.29) is 0 Å². The van der Waals surface area contributed by atoms with Crippen LogP contribution in [0, 0.1) is 18.8 Å². The molecule has 2 nitrogen and oxygen atoms in total. The van der Waals surface area contributed by atoms with Crippen LogP contribution in [-0.2, 0) is 0 Å². The number of nitrogens with one attached hydrogen (secondary N) is 1. The van der Waals surface area contributed by atoms with E-state index in [4.69, 9.17) is 4.42 Å².